The number of hydrogen-bond acceptors (Lipinski definition) is 3. The molecule has 2 atom stereocenters. The molecule has 4 heteroatoms. The Morgan fingerprint density at radius 2 is 2.45 bits per heavy atom. The predicted octanol–water partition coefficient (Wildman–Crippen LogP) is 0.125. The van der Waals surface area contributed by atoms with Gasteiger partial charge in [0.25, 0.3) is 0 Å². The van der Waals surface area contributed by atoms with Crippen molar-refractivity contribution in [3.8, 4) is 0 Å². The smallest absolute Gasteiger partial charge is 0.370 e. The van der Waals surface area contributed by atoms with E-state index in [4.69, 9.17) is 14.9 Å². The van der Waals surface area contributed by atoms with Gasteiger partial charge in [0.15, 0.2) is 0 Å². The maximum Gasteiger partial charge on any atom is 0.370 e. The summed E-state index contributed by atoms with van der Waals surface area (Å²) >= 11 is 0. The van der Waals surface area contributed by atoms with Gasteiger partial charge in [0.2, 0.25) is 5.76 Å². The van der Waals surface area contributed by atoms with Crippen molar-refractivity contribution in [1.82, 2.24) is 0 Å². The monoisotopic (exact) mass is 158 g/mol. The molecule has 0 aliphatic carbocycles. The molecule has 0 aromatic rings. The highest BCUT2D eigenvalue weighted by Gasteiger charge is 2.24. The third kappa shape index (κ3) is 1.71. The van der Waals surface area contributed by atoms with Crippen molar-refractivity contribution < 1.29 is 19.7 Å². The lowest BCUT2D eigenvalue weighted by Gasteiger charge is -2.23. The van der Waals surface area contributed by atoms with Crippen LogP contribution < -0.4 is 0 Å². The van der Waals surface area contributed by atoms with Gasteiger partial charge >= 0.3 is 5.97 Å². The van der Waals surface area contributed by atoms with Crippen LogP contribution in [0.25, 0.3) is 0 Å². The standard InChI is InChI=1S/C7H10O4/c1-4-5(8)2-3-6(11-4)7(9)10/h3-5,8H,2H2,1H3,(H,9,10). The second-order valence-corrected chi connectivity index (χ2v) is 2.50. The van der Waals surface area contributed by atoms with E-state index in [9.17, 15) is 4.79 Å². The van der Waals surface area contributed by atoms with Crippen molar-refractivity contribution in [1.29, 1.82) is 0 Å². The SMILES string of the molecule is CC1OC(C(=O)O)=CCC1O. The minimum absolute atomic E-state index is 0.0669. The molecular formula is C7H10O4. The number of aliphatic hydroxyl groups excluding tert-OH is 1. The number of carbonyl (C=O) groups is 1. The first-order chi connectivity index (χ1) is 5.11. The first kappa shape index (κ1) is 8.07. The van der Waals surface area contributed by atoms with Crippen LogP contribution in [0.4, 0.5) is 0 Å². The molecule has 62 valence electrons. The topological polar surface area (TPSA) is 66.8 Å². The van der Waals surface area contributed by atoms with E-state index in [1.807, 2.05) is 0 Å². The Hall–Kier alpha value is -1.03. The van der Waals surface area contributed by atoms with Crippen LogP contribution in [0.3, 0.4) is 0 Å². The lowest BCUT2D eigenvalue weighted by molar-refractivity contribution is -0.139. The molecule has 1 aliphatic heterocycles. The van der Waals surface area contributed by atoms with Crippen LogP contribution in [0.15, 0.2) is 11.8 Å². The average molecular weight is 158 g/mol. The first-order valence-electron chi connectivity index (χ1n) is 3.39. The number of carboxylic acid groups (broad SMARTS) is 1. The molecule has 1 rings (SSSR count). The summed E-state index contributed by atoms with van der Waals surface area (Å²) in [7, 11) is 0. The summed E-state index contributed by atoms with van der Waals surface area (Å²) in [5.41, 5.74) is 0. The zero-order valence-corrected chi connectivity index (χ0v) is 6.15. The summed E-state index contributed by atoms with van der Waals surface area (Å²) in [6.45, 7) is 1.64. The summed E-state index contributed by atoms with van der Waals surface area (Å²) in [6, 6.07) is 0. The van der Waals surface area contributed by atoms with Crippen LogP contribution >= 0.6 is 0 Å². The van der Waals surface area contributed by atoms with Gasteiger partial charge in [-0.1, -0.05) is 0 Å². The fraction of sp³-hybridized carbons (Fsp3) is 0.571. The number of hydrogen-bond donors (Lipinski definition) is 2. The van der Waals surface area contributed by atoms with Crippen LogP contribution in [0, 0.1) is 0 Å². The van der Waals surface area contributed by atoms with Crippen molar-refractivity contribution in [3.63, 3.8) is 0 Å². The summed E-state index contributed by atoms with van der Waals surface area (Å²) in [4.78, 5) is 10.3. The highest BCUT2D eigenvalue weighted by molar-refractivity contribution is 5.84. The Labute approximate surface area is 64.1 Å². The van der Waals surface area contributed by atoms with Crippen molar-refractivity contribution >= 4 is 5.97 Å². The van der Waals surface area contributed by atoms with Gasteiger partial charge in [-0.2, -0.15) is 0 Å². The van der Waals surface area contributed by atoms with Crippen LogP contribution in [0.2, 0.25) is 0 Å². The van der Waals surface area contributed by atoms with Gasteiger partial charge < -0.3 is 14.9 Å². The molecule has 0 aromatic heterocycles. The van der Waals surface area contributed by atoms with Gasteiger partial charge in [0, 0.05) is 0 Å². The largest absolute Gasteiger partial charge is 0.481 e. The average Bonchev–Trinajstić information content (AvgIpc) is 1.94. The van der Waals surface area contributed by atoms with Crippen LogP contribution in [-0.2, 0) is 9.53 Å². The number of rotatable bonds is 1. The van der Waals surface area contributed by atoms with Crippen molar-refractivity contribution in [2.75, 3.05) is 0 Å². The Bertz CT molecular complexity index is 197. The highest BCUT2D eigenvalue weighted by atomic mass is 16.5. The molecular weight excluding hydrogens is 148 g/mol. The molecule has 0 aromatic carbocycles. The maximum atomic E-state index is 10.3. The molecule has 1 heterocycles. The Balaban J connectivity index is 2.66. The highest BCUT2D eigenvalue weighted by Crippen LogP contribution is 2.16. The zero-order chi connectivity index (χ0) is 8.43. The number of carboxylic acids is 1. The van der Waals surface area contributed by atoms with Crippen LogP contribution in [-0.4, -0.2) is 28.4 Å². The van der Waals surface area contributed by atoms with E-state index in [1.54, 1.807) is 6.92 Å². The zero-order valence-electron chi connectivity index (χ0n) is 6.15. The van der Waals surface area contributed by atoms with Crippen LogP contribution in [0.1, 0.15) is 13.3 Å². The fourth-order valence-electron chi connectivity index (χ4n) is 0.884. The quantitative estimate of drug-likeness (QED) is 0.569. The van der Waals surface area contributed by atoms with E-state index < -0.39 is 18.2 Å². The van der Waals surface area contributed by atoms with Crippen LogP contribution in [0.5, 0.6) is 0 Å². The summed E-state index contributed by atoms with van der Waals surface area (Å²) in [6.07, 6.45) is 0.722. The van der Waals surface area contributed by atoms with E-state index in [0.29, 0.717) is 6.42 Å². The van der Waals surface area contributed by atoms with Gasteiger partial charge in [-0.3, -0.25) is 0 Å². The second kappa shape index (κ2) is 2.92. The lowest BCUT2D eigenvalue weighted by atomic mass is 10.1. The third-order valence-electron chi connectivity index (χ3n) is 1.61. The fourth-order valence-corrected chi connectivity index (χ4v) is 0.884. The normalized spacial score (nSPS) is 30.5. The van der Waals surface area contributed by atoms with E-state index in [-0.39, 0.29) is 5.76 Å². The van der Waals surface area contributed by atoms with E-state index in [1.165, 1.54) is 6.08 Å². The minimum atomic E-state index is -1.08. The maximum absolute atomic E-state index is 10.3. The molecule has 1 aliphatic rings. The Kier molecular flexibility index (Phi) is 2.14. The number of ether oxygens (including phenoxy) is 1. The second-order valence-electron chi connectivity index (χ2n) is 2.50. The van der Waals surface area contributed by atoms with E-state index in [0.717, 1.165) is 0 Å². The molecule has 2 unspecified atom stereocenters. The van der Waals surface area contributed by atoms with Gasteiger partial charge in [0.05, 0.1) is 6.10 Å². The summed E-state index contributed by atoms with van der Waals surface area (Å²) < 4.78 is 4.87. The molecule has 0 amide bonds. The number of aliphatic carboxylic acids is 1. The first-order valence-corrected chi connectivity index (χ1v) is 3.39. The van der Waals surface area contributed by atoms with Gasteiger partial charge in [0.1, 0.15) is 6.10 Å². The molecule has 4 nitrogen and oxygen atoms in total. The van der Waals surface area contributed by atoms with Crippen molar-refractivity contribution in [2.24, 2.45) is 0 Å². The lowest BCUT2D eigenvalue weighted by Crippen LogP contribution is -2.30. The minimum Gasteiger partial charge on any atom is -0.481 e. The number of aliphatic hydroxyl groups is 1. The molecule has 2 N–H and O–H groups in total. The third-order valence-corrected chi connectivity index (χ3v) is 1.61. The molecule has 0 spiro atoms. The van der Waals surface area contributed by atoms with Crippen molar-refractivity contribution in [3.05, 3.63) is 11.8 Å². The molecule has 11 heavy (non-hydrogen) atoms. The Morgan fingerprint density at radius 1 is 1.82 bits per heavy atom. The molecule has 0 saturated heterocycles. The summed E-state index contributed by atoms with van der Waals surface area (Å²) in [5.74, 6) is -1.15. The molecule has 0 saturated carbocycles. The summed E-state index contributed by atoms with van der Waals surface area (Å²) in [5, 5.41) is 17.6. The molecule has 0 fully saturated rings. The Morgan fingerprint density at radius 3 is 2.91 bits per heavy atom. The van der Waals surface area contributed by atoms with Crippen molar-refractivity contribution in [2.45, 2.75) is 25.6 Å². The van der Waals surface area contributed by atoms with E-state index in [2.05, 4.69) is 0 Å². The van der Waals surface area contributed by atoms with E-state index >= 15 is 0 Å². The molecule has 0 bridgehead atoms. The van der Waals surface area contributed by atoms with Gasteiger partial charge in [-0.25, -0.2) is 4.79 Å². The van der Waals surface area contributed by atoms with Gasteiger partial charge in [-0.05, 0) is 19.4 Å². The molecule has 0 radical (unpaired) electrons. The van der Waals surface area contributed by atoms with Gasteiger partial charge in [-0.15, -0.1) is 0 Å². The predicted molar refractivity (Wildman–Crippen MR) is 36.9 cm³/mol.